The first-order valence-electron chi connectivity index (χ1n) is 8.18. The first-order chi connectivity index (χ1) is 12.7. The number of amides is 1. The molecule has 3 aromatic rings. The van der Waals surface area contributed by atoms with Crippen LogP contribution >= 0.6 is 34.7 Å². The average Bonchev–Trinajstić information content (AvgIpc) is 3.22. The van der Waals surface area contributed by atoms with Gasteiger partial charge in [-0.05, 0) is 24.5 Å². The lowest BCUT2D eigenvalue weighted by Crippen LogP contribution is -2.17. The maximum atomic E-state index is 12.3. The smallest absolute Gasteiger partial charge is 0.258 e. The molecule has 1 fully saturated rings. The van der Waals surface area contributed by atoms with Gasteiger partial charge in [-0.2, -0.15) is 4.99 Å². The summed E-state index contributed by atoms with van der Waals surface area (Å²) in [6.45, 7) is 0.582. The Bertz CT molecular complexity index is 989. The maximum Gasteiger partial charge on any atom is 0.258 e. The second-order valence-electron chi connectivity index (χ2n) is 5.95. The van der Waals surface area contributed by atoms with Crippen molar-refractivity contribution >= 4 is 40.6 Å². The number of aromatic nitrogens is 4. The quantitative estimate of drug-likeness (QED) is 0.589. The summed E-state index contributed by atoms with van der Waals surface area (Å²) in [5, 5.41) is 11.4. The number of rotatable bonds is 6. The van der Waals surface area contributed by atoms with Gasteiger partial charge in [-0.15, -0.1) is 21.5 Å². The van der Waals surface area contributed by atoms with Crippen molar-refractivity contribution in [2.24, 2.45) is 4.99 Å². The summed E-state index contributed by atoms with van der Waals surface area (Å²) in [5.41, 5.74) is 0.994. The summed E-state index contributed by atoms with van der Waals surface area (Å²) >= 11 is 9.04. The molecular weight excluding hydrogens is 390 g/mol. The summed E-state index contributed by atoms with van der Waals surface area (Å²) in [7, 11) is 0. The zero-order valence-electron chi connectivity index (χ0n) is 13.8. The number of carbonyl (C=O) groups excluding carboxylic acids is 1. The third-order valence-electron chi connectivity index (χ3n) is 3.98. The molecule has 1 amide bonds. The van der Waals surface area contributed by atoms with Crippen LogP contribution in [0.3, 0.4) is 0 Å². The van der Waals surface area contributed by atoms with Crippen LogP contribution in [0.1, 0.15) is 24.4 Å². The van der Waals surface area contributed by atoms with E-state index in [4.69, 9.17) is 11.6 Å². The molecule has 26 heavy (non-hydrogen) atoms. The highest BCUT2D eigenvalue weighted by molar-refractivity contribution is 7.99. The fourth-order valence-corrected chi connectivity index (χ4v) is 4.23. The predicted octanol–water partition coefficient (Wildman–Crippen LogP) is 3.40. The van der Waals surface area contributed by atoms with Crippen LogP contribution in [0.15, 0.2) is 52.3 Å². The van der Waals surface area contributed by atoms with E-state index < -0.39 is 0 Å². The second-order valence-corrected chi connectivity index (χ2v) is 8.17. The molecule has 1 saturated carbocycles. The molecule has 9 heteroatoms. The molecule has 4 rings (SSSR count). The molecule has 2 heterocycles. The first-order valence-corrected chi connectivity index (χ1v) is 10.4. The lowest BCUT2D eigenvalue weighted by molar-refractivity contribution is -0.115. The zero-order valence-corrected chi connectivity index (χ0v) is 16.2. The number of thioether (sulfide) groups is 1. The minimum atomic E-state index is -0.185. The Morgan fingerprint density at radius 1 is 1.38 bits per heavy atom. The summed E-state index contributed by atoms with van der Waals surface area (Å²) in [6, 6.07) is 8.17. The SMILES string of the molecule is O=C(CSc1nncn1C1CC1)N=c1sccn1Cc1ccccc1Cl. The highest BCUT2D eigenvalue weighted by atomic mass is 35.5. The van der Waals surface area contributed by atoms with Gasteiger partial charge in [0.1, 0.15) is 6.33 Å². The number of hydrogen-bond acceptors (Lipinski definition) is 5. The Hall–Kier alpha value is -1.90. The van der Waals surface area contributed by atoms with Crippen LogP contribution in [-0.2, 0) is 11.3 Å². The van der Waals surface area contributed by atoms with Crippen LogP contribution in [0.4, 0.5) is 0 Å². The minimum absolute atomic E-state index is 0.185. The monoisotopic (exact) mass is 405 g/mol. The molecule has 0 unspecified atom stereocenters. The van der Waals surface area contributed by atoms with Crippen LogP contribution in [0.25, 0.3) is 0 Å². The molecule has 0 bridgehead atoms. The van der Waals surface area contributed by atoms with Gasteiger partial charge >= 0.3 is 0 Å². The number of benzene rings is 1. The fraction of sp³-hybridized carbons (Fsp3) is 0.294. The number of halogens is 1. The van der Waals surface area contributed by atoms with Gasteiger partial charge in [-0.1, -0.05) is 41.6 Å². The van der Waals surface area contributed by atoms with Crippen LogP contribution < -0.4 is 4.80 Å². The number of thiazole rings is 1. The van der Waals surface area contributed by atoms with Gasteiger partial charge in [0, 0.05) is 22.6 Å². The van der Waals surface area contributed by atoms with Gasteiger partial charge in [-0.3, -0.25) is 4.79 Å². The van der Waals surface area contributed by atoms with Crippen LogP contribution in [-0.4, -0.2) is 31.0 Å². The Labute approximate surface area is 163 Å². The van der Waals surface area contributed by atoms with Gasteiger partial charge in [0.25, 0.3) is 5.91 Å². The molecule has 0 spiro atoms. The van der Waals surface area contributed by atoms with E-state index in [9.17, 15) is 4.79 Å². The van der Waals surface area contributed by atoms with Crippen LogP contribution in [0.2, 0.25) is 5.02 Å². The number of hydrogen-bond donors (Lipinski definition) is 0. The molecule has 1 aromatic carbocycles. The van der Waals surface area contributed by atoms with Crippen molar-refractivity contribution in [3.8, 4) is 0 Å². The summed E-state index contributed by atoms with van der Waals surface area (Å²) < 4.78 is 3.97. The van der Waals surface area contributed by atoms with E-state index in [0.717, 1.165) is 23.6 Å². The Morgan fingerprint density at radius 3 is 3.04 bits per heavy atom. The van der Waals surface area contributed by atoms with Crippen molar-refractivity contribution < 1.29 is 4.79 Å². The third-order valence-corrected chi connectivity index (χ3v) is 6.09. The summed E-state index contributed by atoms with van der Waals surface area (Å²) in [5.74, 6) is 0.0609. The molecule has 6 nitrogen and oxygen atoms in total. The van der Waals surface area contributed by atoms with Crippen molar-refractivity contribution in [3.63, 3.8) is 0 Å². The molecule has 1 aliphatic rings. The zero-order chi connectivity index (χ0) is 17.9. The fourth-order valence-electron chi connectivity index (χ4n) is 2.52. The van der Waals surface area contributed by atoms with Gasteiger partial charge in [0.2, 0.25) is 0 Å². The topological polar surface area (TPSA) is 65.1 Å². The highest BCUT2D eigenvalue weighted by Crippen LogP contribution is 2.37. The van der Waals surface area contributed by atoms with Gasteiger partial charge in [-0.25, -0.2) is 0 Å². The third kappa shape index (κ3) is 4.08. The molecular formula is C17H16ClN5OS2. The molecule has 0 aliphatic heterocycles. The van der Waals surface area contributed by atoms with Gasteiger partial charge < -0.3 is 9.13 Å². The molecule has 0 N–H and O–H groups in total. The molecule has 134 valence electrons. The van der Waals surface area contributed by atoms with E-state index >= 15 is 0 Å². The van der Waals surface area contributed by atoms with Gasteiger partial charge in [0.05, 0.1) is 12.3 Å². The minimum Gasteiger partial charge on any atom is -0.319 e. The van der Waals surface area contributed by atoms with E-state index in [1.165, 1.54) is 23.1 Å². The van der Waals surface area contributed by atoms with Crippen LogP contribution in [0, 0.1) is 0 Å². The number of carbonyl (C=O) groups is 1. The Balaban J connectivity index is 1.45. The van der Waals surface area contributed by atoms with E-state index in [-0.39, 0.29) is 11.7 Å². The van der Waals surface area contributed by atoms with Crippen molar-refractivity contribution in [2.45, 2.75) is 30.6 Å². The molecule has 0 saturated heterocycles. The Morgan fingerprint density at radius 2 is 2.23 bits per heavy atom. The lowest BCUT2D eigenvalue weighted by Gasteiger charge is -2.05. The molecule has 2 aromatic heterocycles. The van der Waals surface area contributed by atoms with Crippen LogP contribution in [0.5, 0.6) is 0 Å². The summed E-state index contributed by atoms with van der Waals surface area (Å²) in [4.78, 5) is 17.2. The lowest BCUT2D eigenvalue weighted by atomic mass is 10.2. The number of nitrogens with zero attached hydrogens (tertiary/aromatic N) is 5. The second kappa shape index (κ2) is 7.77. The summed E-state index contributed by atoms with van der Waals surface area (Å²) in [6.07, 6.45) is 5.96. The molecule has 0 atom stereocenters. The van der Waals surface area contributed by atoms with Crippen molar-refractivity contribution in [2.75, 3.05) is 5.75 Å². The Kier molecular flexibility index (Phi) is 5.23. The van der Waals surface area contributed by atoms with Crippen molar-refractivity contribution in [1.29, 1.82) is 0 Å². The first kappa shape index (κ1) is 17.5. The largest absolute Gasteiger partial charge is 0.319 e. The molecule has 0 radical (unpaired) electrons. The van der Waals surface area contributed by atoms with E-state index in [2.05, 4.69) is 15.2 Å². The normalized spacial score (nSPS) is 14.7. The standard InChI is InChI=1S/C17H16ClN5OS2/c18-14-4-2-1-3-12(14)9-22-7-8-25-16(22)20-15(24)10-26-17-21-19-11-23(17)13-5-6-13/h1-4,7-8,11,13H,5-6,9-10H2. The predicted molar refractivity (Wildman–Crippen MR) is 102 cm³/mol. The van der Waals surface area contributed by atoms with Crippen molar-refractivity contribution in [1.82, 2.24) is 19.3 Å². The molecule has 1 aliphatic carbocycles. The van der Waals surface area contributed by atoms with Crippen molar-refractivity contribution in [3.05, 3.63) is 57.6 Å². The van der Waals surface area contributed by atoms with E-state index in [1.807, 2.05) is 45.0 Å². The van der Waals surface area contributed by atoms with E-state index in [1.54, 1.807) is 6.33 Å². The van der Waals surface area contributed by atoms with E-state index in [0.29, 0.717) is 22.4 Å². The maximum absolute atomic E-state index is 12.3. The average molecular weight is 406 g/mol. The van der Waals surface area contributed by atoms with Gasteiger partial charge in [0.15, 0.2) is 9.96 Å². The highest BCUT2D eigenvalue weighted by Gasteiger charge is 2.26.